The third kappa shape index (κ3) is 2.76. The lowest BCUT2D eigenvalue weighted by molar-refractivity contribution is -0.138. The van der Waals surface area contributed by atoms with E-state index in [4.69, 9.17) is 4.42 Å². The maximum Gasteiger partial charge on any atom is 0.278 e. The molecule has 2 aliphatic rings. The lowest BCUT2D eigenvalue weighted by atomic mass is 10.0. The smallest absolute Gasteiger partial charge is 0.278 e. The zero-order valence-electron chi connectivity index (χ0n) is 14.2. The summed E-state index contributed by atoms with van der Waals surface area (Å²) in [5, 5.41) is 0. The maximum atomic E-state index is 13.1. The Morgan fingerprint density at radius 2 is 1.72 bits per heavy atom. The Labute approximate surface area is 146 Å². The molecule has 3 heterocycles. The van der Waals surface area contributed by atoms with Crippen molar-refractivity contribution in [2.75, 3.05) is 13.1 Å². The van der Waals surface area contributed by atoms with Crippen molar-refractivity contribution in [3.8, 4) is 0 Å². The molecule has 0 aliphatic carbocycles. The van der Waals surface area contributed by atoms with Crippen LogP contribution in [0, 0.1) is 6.92 Å². The van der Waals surface area contributed by atoms with Crippen LogP contribution in [0.4, 0.5) is 0 Å². The summed E-state index contributed by atoms with van der Waals surface area (Å²) in [4.78, 5) is 29.5. The van der Waals surface area contributed by atoms with Gasteiger partial charge in [0.15, 0.2) is 0 Å². The molecular weight excluding hydrogens is 316 g/mol. The second kappa shape index (κ2) is 6.24. The van der Waals surface area contributed by atoms with E-state index in [0.717, 1.165) is 37.1 Å². The average Bonchev–Trinajstić information content (AvgIpc) is 3.34. The van der Waals surface area contributed by atoms with E-state index in [1.807, 2.05) is 31.2 Å². The molecule has 1 aromatic carbocycles. The van der Waals surface area contributed by atoms with Crippen molar-refractivity contribution in [1.82, 2.24) is 9.80 Å². The monoisotopic (exact) mass is 336 g/mol. The summed E-state index contributed by atoms with van der Waals surface area (Å²) in [7, 11) is 0. The predicted octanol–water partition coefficient (Wildman–Crippen LogP) is 2.96. The highest BCUT2D eigenvalue weighted by atomic mass is 16.3. The van der Waals surface area contributed by atoms with E-state index in [9.17, 15) is 9.59 Å². The van der Waals surface area contributed by atoms with Crippen molar-refractivity contribution in [3.05, 3.63) is 65.2 Å². The number of likely N-dealkylation sites (tertiary alicyclic amines) is 1. The van der Waals surface area contributed by atoms with Gasteiger partial charge in [-0.2, -0.15) is 0 Å². The van der Waals surface area contributed by atoms with E-state index in [0.29, 0.717) is 17.0 Å². The van der Waals surface area contributed by atoms with Crippen LogP contribution in [0.25, 0.3) is 5.57 Å². The van der Waals surface area contributed by atoms with E-state index in [1.165, 1.54) is 4.90 Å². The molecule has 0 unspecified atom stereocenters. The first-order valence-corrected chi connectivity index (χ1v) is 8.60. The molecule has 25 heavy (non-hydrogen) atoms. The van der Waals surface area contributed by atoms with Crippen LogP contribution in [-0.2, 0) is 16.1 Å². The van der Waals surface area contributed by atoms with Gasteiger partial charge in [0.2, 0.25) is 0 Å². The highest BCUT2D eigenvalue weighted by Crippen LogP contribution is 2.34. The van der Waals surface area contributed by atoms with Crippen LogP contribution < -0.4 is 0 Å². The van der Waals surface area contributed by atoms with Gasteiger partial charge < -0.3 is 9.32 Å². The zero-order chi connectivity index (χ0) is 17.4. The molecule has 2 aromatic rings. The van der Waals surface area contributed by atoms with Gasteiger partial charge in [0.25, 0.3) is 11.8 Å². The van der Waals surface area contributed by atoms with Gasteiger partial charge in [0, 0.05) is 13.1 Å². The minimum atomic E-state index is -0.243. The molecule has 0 bridgehead atoms. The van der Waals surface area contributed by atoms with Crippen molar-refractivity contribution >= 4 is 17.4 Å². The Morgan fingerprint density at radius 3 is 2.36 bits per heavy atom. The Morgan fingerprint density at radius 1 is 1.00 bits per heavy atom. The van der Waals surface area contributed by atoms with Gasteiger partial charge in [-0.25, -0.2) is 0 Å². The molecular formula is C20H20N2O3. The number of imide groups is 1. The Kier molecular flexibility index (Phi) is 3.92. The number of hydrogen-bond acceptors (Lipinski definition) is 4. The summed E-state index contributed by atoms with van der Waals surface area (Å²) in [5.74, 6) is 0.138. The van der Waals surface area contributed by atoms with Crippen molar-refractivity contribution in [3.63, 3.8) is 0 Å². The molecule has 0 atom stereocenters. The number of nitrogens with zero attached hydrogens (tertiary/aromatic N) is 2. The predicted molar refractivity (Wildman–Crippen MR) is 93.2 cm³/mol. The molecule has 5 nitrogen and oxygen atoms in total. The van der Waals surface area contributed by atoms with Crippen LogP contribution in [0.3, 0.4) is 0 Å². The number of carbonyl (C=O) groups excluding carboxylic acids is 2. The summed E-state index contributed by atoms with van der Waals surface area (Å²) in [6.07, 6.45) is 3.64. The van der Waals surface area contributed by atoms with Crippen molar-refractivity contribution in [2.45, 2.75) is 26.3 Å². The Hall–Kier alpha value is -2.82. The van der Waals surface area contributed by atoms with Gasteiger partial charge in [-0.1, -0.05) is 29.8 Å². The number of amides is 2. The minimum Gasteiger partial charge on any atom is -0.467 e. The van der Waals surface area contributed by atoms with Crippen molar-refractivity contribution in [1.29, 1.82) is 0 Å². The second-order valence-electron chi connectivity index (χ2n) is 6.56. The fraction of sp³-hybridized carbons (Fsp3) is 0.300. The van der Waals surface area contributed by atoms with Gasteiger partial charge in [0.05, 0.1) is 18.4 Å². The van der Waals surface area contributed by atoms with E-state index in [1.54, 1.807) is 18.4 Å². The van der Waals surface area contributed by atoms with Crippen LogP contribution >= 0.6 is 0 Å². The fourth-order valence-corrected chi connectivity index (χ4v) is 3.48. The molecule has 4 rings (SSSR count). The van der Waals surface area contributed by atoms with Crippen LogP contribution in [-0.4, -0.2) is 34.7 Å². The molecule has 0 radical (unpaired) electrons. The number of rotatable bonds is 4. The SMILES string of the molecule is Cc1ccc(C2=C(N3CCCC3)C(=O)N(Cc3ccco3)C2=O)cc1. The lowest BCUT2D eigenvalue weighted by Crippen LogP contribution is -2.33. The van der Waals surface area contributed by atoms with Crippen molar-refractivity contribution < 1.29 is 14.0 Å². The van der Waals surface area contributed by atoms with Gasteiger partial charge in [0.1, 0.15) is 11.5 Å². The number of benzene rings is 1. The van der Waals surface area contributed by atoms with E-state index < -0.39 is 0 Å². The normalized spacial score (nSPS) is 18.0. The topological polar surface area (TPSA) is 53.8 Å². The minimum absolute atomic E-state index is 0.164. The summed E-state index contributed by atoms with van der Waals surface area (Å²) >= 11 is 0. The van der Waals surface area contributed by atoms with Crippen LogP contribution in [0.5, 0.6) is 0 Å². The summed E-state index contributed by atoms with van der Waals surface area (Å²) in [6, 6.07) is 11.3. The molecule has 1 fully saturated rings. The van der Waals surface area contributed by atoms with Crippen LogP contribution in [0.1, 0.15) is 29.7 Å². The van der Waals surface area contributed by atoms with E-state index >= 15 is 0 Å². The second-order valence-corrected chi connectivity index (χ2v) is 6.56. The van der Waals surface area contributed by atoms with E-state index in [2.05, 4.69) is 4.90 Å². The first-order chi connectivity index (χ1) is 12.1. The molecule has 0 saturated carbocycles. The van der Waals surface area contributed by atoms with Crippen LogP contribution in [0.2, 0.25) is 0 Å². The summed E-state index contributed by atoms with van der Waals surface area (Å²) in [5.41, 5.74) is 2.97. The zero-order valence-corrected chi connectivity index (χ0v) is 14.2. The highest BCUT2D eigenvalue weighted by Gasteiger charge is 2.42. The lowest BCUT2D eigenvalue weighted by Gasteiger charge is -2.19. The van der Waals surface area contributed by atoms with Gasteiger partial charge in [-0.3, -0.25) is 14.5 Å². The van der Waals surface area contributed by atoms with Gasteiger partial charge in [-0.05, 0) is 37.5 Å². The first-order valence-electron chi connectivity index (χ1n) is 8.60. The molecule has 0 N–H and O–H groups in total. The molecule has 5 heteroatoms. The Balaban J connectivity index is 1.75. The molecule has 0 spiro atoms. The third-order valence-electron chi connectivity index (χ3n) is 4.80. The number of carbonyl (C=O) groups is 2. The molecule has 1 saturated heterocycles. The van der Waals surface area contributed by atoms with Gasteiger partial charge >= 0.3 is 0 Å². The van der Waals surface area contributed by atoms with Crippen LogP contribution in [0.15, 0.2) is 52.8 Å². The first kappa shape index (κ1) is 15.7. The van der Waals surface area contributed by atoms with Crippen molar-refractivity contribution in [2.24, 2.45) is 0 Å². The Bertz CT molecular complexity index is 828. The third-order valence-corrected chi connectivity index (χ3v) is 4.80. The molecule has 2 amide bonds. The number of furan rings is 1. The standard InChI is InChI=1S/C20H20N2O3/c1-14-6-8-15(9-7-14)17-18(21-10-2-3-11-21)20(24)22(19(17)23)13-16-5-4-12-25-16/h4-9,12H,2-3,10-11,13H2,1H3. The van der Waals surface area contributed by atoms with E-state index in [-0.39, 0.29) is 18.4 Å². The molecule has 128 valence electrons. The number of hydrogen-bond donors (Lipinski definition) is 0. The largest absolute Gasteiger partial charge is 0.467 e. The summed E-state index contributed by atoms with van der Waals surface area (Å²) < 4.78 is 5.33. The molecule has 2 aliphatic heterocycles. The quantitative estimate of drug-likeness (QED) is 0.806. The highest BCUT2D eigenvalue weighted by molar-refractivity contribution is 6.35. The van der Waals surface area contributed by atoms with Gasteiger partial charge in [-0.15, -0.1) is 0 Å². The fourth-order valence-electron chi connectivity index (χ4n) is 3.48. The molecule has 1 aromatic heterocycles. The summed E-state index contributed by atoms with van der Waals surface area (Å²) in [6.45, 7) is 3.80. The average molecular weight is 336 g/mol. The number of aryl methyl sites for hydroxylation is 1. The maximum absolute atomic E-state index is 13.1.